The summed E-state index contributed by atoms with van der Waals surface area (Å²) in [7, 11) is 1.43. The molecule has 3 rings (SSSR count). The van der Waals surface area contributed by atoms with Crippen molar-refractivity contribution in [1.29, 1.82) is 0 Å². The molecule has 26 heavy (non-hydrogen) atoms. The predicted molar refractivity (Wildman–Crippen MR) is 109 cm³/mol. The van der Waals surface area contributed by atoms with Crippen LogP contribution >= 0.6 is 51.5 Å². The second-order valence-electron chi connectivity index (χ2n) is 5.17. The third-order valence-corrected chi connectivity index (χ3v) is 5.72. The van der Waals surface area contributed by atoms with Crippen LogP contribution in [-0.4, -0.2) is 22.4 Å². The van der Waals surface area contributed by atoms with E-state index in [4.69, 9.17) is 28.6 Å². The van der Waals surface area contributed by atoms with Gasteiger partial charge in [-0.1, -0.05) is 35.6 Å². The monoisotopic (exact) mass is 473 g/mol. The van der Waals surface area contributed by atoms with Crippen LogP contribution in [-0.2, 0) is 4.79 Å². The first-order chi connectivity index (χ1) is 12.3. The van der Waals surface area contributed by atoms with Gasteiger partial charge < -0.3 is 9.84 Å². The summed E-state index contributed by atoms with van der Waals surface area (Å²) in [6.07, 6.45) is 1.64. The number of thiocarbonyl (C=S) groups is 1. The van der Waals surface area contributed by atoms with Crippen molar-refractivity contribution in [1.82, 2.24) is 0 Å². The molecule has 1 saturated heterocycles. The van der Waals surface area contributed by atoms with E-state index in [1.807, 2.05) is 0 Å². The van der Waals surface area contributed by atoms with Crippen LogP contribution in [0.4, 0.5) is 10.1 Å². The smallest absolute Gasteiger partial charge is 0.270 e. The molecule has 0 unspecified atom stereocenters. The third kappa shape index (κ3) is 3.59. The van der Waals surface area contributed by atoms with E-state index < -0.39 is 5.82 Å². The van der Waals surface area contributed by atoms with Crippen molar-refractivity contribution in [2.75, 3.05) is 12.0 Å². The van der Waals surface area contributed by atoms with Crippen LogP contribution in [0.1, 0.15) is 5.56 Å². The van der Waals surface area contributed by atoms with Gasteiger partial charge in [0.15, 0.2) is 15.8 Å². The van der Waals surface area contributed by atoms with Crippen LogP contribution in [0.5, 0.6) is 11.5 Å². The molecule has 134 valence electrons. The van der Waals surface area contributed by atoms with Gasteiger partial charge in [0.25, 0.3) is 5.91 Å². The number of phenolic OH excluding ortho intramolecular Hbond substituents is 1. The van der Waals surface area contributed by atoms with E-state index in [9.17, 15) is 14.3 Å². The summed E-state index contributed by atoms with van der Waals surface area (Å²) in [5.41, 5.74) is 1.04. The Hall–Kier alpha value is -1.61. The molecule has 0 saturated carbocycles. The van der Waals surface area contributed by atoms with Crippen LogP contribution in [0.15, 0.2) is 39.7 Å². The van der Waals surface area contributed by atoms with Crippen LogP contribution in [0.3, 0.4) is 0 Å². The second kappa shape index (κ2) is 7.56. The number of halogens is 3. The molecule has 9 heteroatoms. The summed E-state index contributed by atoms with van der Waals surface area (Å²) in [6.45, 7) is 0. The average molecular weight is 475 g/mol. The number of rotatable bonds is 3. The van der Waals surface area contributed by atoms with Crippen LogP contribution < -0.4 is 9.64 Å². The highest BCUT2D eigenvalue weighted by molar-refractivity contribution is 9.10. The van der Waals surface area contributed by atoms with Crippen molar-refractivity contribution in [3.63, 3.8) is 0 Å². The number of phenols is 1. The molecular weight excluding hydrogens is 465 g/mol. The van der Waals surface area contributed by atoms with Gasteiger partial charge in [0.05, 0.1) is 27.2 Å². The molecule has 0 spiro atoms. The van der Waals surface area contributed by atoms with Gasteiger partial charge in [0, 0.05) is 0 Å². The van der Waals surface area contributed by atoms with Gasteiger partial charge in [-0.15, -0.1) is 0 Å². The van der Waals surface area contributed by atoms with Crippen molar-refractivity contribution in [2.45, 2.75) is 0 Å². The van der Waals surface area contributed by atoms with Crippen molar-refractivity contribution in [3.05, 3.63) is 56.1 Å². The highest BCUT2D eigenvalue weighted by Crippen LogP contribution is 2.39. The van der Waals surface area contributed by atoms with Gasteiger partial charge in [0.2, 0.25) is 0 Å². The maximum Gasteiger partial charge on any atom is 0.270 e. The second-order valence-corrected chi connectivity index (χ2v) is 8.11. The number of benzene rings is 2. The summed E-state index contributed by atoms with van der Waals surface area (Å²) in [6, 6.07) is 7.22. The molecule has 0 aliphatic carbocycles. The minimum Gasteiger partial charge on any atom is -0.503 e. The number of amides is 1. The average Bonchev–Trinajstić information content (AvgIpc) is 2.87. The highest BCUT2D eigenvalue weighted by Gasteiger charge is 2.33. The van der Waals surface area contributed by atoms with E-state index in [1.165, 1.54) is 30.2 Å². The molecule has 4 nitrogen and oxygen atoms in total. The molecule has 1 aliphatic rings. The molecule has 0 aromatic heterocycles. The lowest BCUT2D eigenvalue weighted by atomic mass is 10.2. The van der Waals surface area contributed by atoms with Gasteiger partial charge in [-0.05, 0) is 57.9 Å². The van der Waals surface area contributed by atoms with Gasteiger partial charge in [-0.3, -0.25) is 9.69 Å². The number of ether oxygens (including phenoxy) is 1. The molecule has 1 fully saturated rings. The summed E-state index contributed by atoms with van der Waals surface area (Å²) in [5, 5.41) is 9.79. The Morgan fingerprint density at radius 3 is 2.77 bits per heavy atom. The number of carbonyl (C=O) groups excluding carboxylic acids is 1. The highest BCUT2D eigenvalue weighted by atomic mass is 79.9. The lowest BCUT2D eigenvalue weighted by Gasteiger charge is -2.14. The number of carbonyl (C=O) groups is 1. The number of anilines is 1. The summed E-state index contributed by atoms with van der Waals surface area (Å²) >= 11 is 15.4. The van der Waals surface area contributed by atoms with Crippen molar-refractivity contribution in [2.24, 2.45) is 0 Å². The van der Waals surface area contributed by atoms with Crippen molar-refractivity contribution in [3.8, 4) is 11.5 Å². The van der Waals surface area contributed by atoms with E-state index in [0.717, 1.165) is 11.8 Å². The van der Waals surface area contributed by atoms with E-state index in [-0.39, 0.29) is 22.4 Å². The minimum atomic E-state index is -0.572. The molecule has 1 aliphatic heterocycles. The van der Waals surface area contributed by atoms with Crippen LogP contribution in [0, 0.1) is 5.82 Å². The predicted octanol–water partition coefficient (Wildman–Crippen LogP) is 5.36. The Bertz CT molecular complexity index is 967. The number of nitrogens with zero attached hydrogens (tertiary/aromatic N) is 1. The molecule has 0 radical (unpaired) electrons. The lowest BCUT2D eigenvalue weighted by Crippen LogP contribution is -2.27. The van der Waals surface area contributed by atoms with Crippen molar-refractivity contribution < 1.29 is 19.0 Å². The fourth-order valence-corrected chi connectivity index (χ4v) is 4.23. The molecule has 2 aromatic rings. The number of thioether (sulfide) groups is 1. The Kier molecular flexibility index (Phi) is 5.57. The zero-order valence-electron chi connectivity index (χ0n) is 13.1. The lowest BCUT2D eigenvalue weighted by molar-refractivity contribution is -0.113. The van der Waals surface area contributed by atoms with E-state index in [0.29, 0.717) is 24.9 Å². The number of hydrogen-bond acceptors (Lipinski definition) is 5. The zero-order valence-corrected chi connectivity index (χ0v) is 17.1. The SMILES string of the molecule is COc1cc(C=C2SC(=S)N(c3ccc(F)c(Cl)c3)C2=O)cc(Br)c1O. The first-order valence-electron chi connectivity index (χ1n) is 7.11. The van der Waals surface area contributed by atoms with E-state index in [1.54, 1.807) is 18.2 Å². The first kappa shape index (κ1) is 19.2. The Morgan fingerprint density at radius 2 is 2.12 bits per heavy atom. The largest absolute Gasteiger partial charge is 0.503 e. The topological polar surface area (TPSA) is 49.8 Å². The number of hydrogen-bond donors (Lipinski definition) is 1. The van der Waals surface area contributed by atoms with Gasteiger partial charge >= 0.3 is 0 Å². The maximum absolute atomic E-state index is 13.4. The summed E-state index contributed by atoms with van der Waals surface area (Å²) in [5.74, 6) is -0.673. The molecule has 1 N–H and O–H groups in total. The molecular formula is C17H10BrClFNO3S2. The number of methoxy groups -OCH3 is 1. The fraction of sp³-hybridized carbons (Fsp3) is 0.0588. The Balaban J connectivity index is 1.97. The Morgan fingerprint density at radius 1 is 1.38 bits per heavy atom. The standard InChI is InChI=1S/C17H10BrClFNO3S2/c1-24-13-5-8(4-10(18)15(13)22)6-14-16(23)21(17(25)26-14)9-2-3-12(20)11(19)7-9/h2-7,22H,1H3. The normalized spacial score (nSPS) is 15.8. The minimum absolute atomic E-state index is 0.0295. The van der Waals surface area contributed by atoms with E-state index in [2.05, 4.69) is 15.9 Å². The van der Waals surface area contributed by atoms with Gasteiger partial charge in [0.1, 0.15) is 5.82 Å². The van der Waals surface area contributed by atoms with Gasteiger partial charge in [-0.25, -0.2) is 4.39 Å². The number of aromatic hydroxyl groups is 1. The first-order valence-corrected chi connectivity index (χ1v) is 9.51. The third-order valence-electron chi connectivity index (χ3n) is 3.52. The van der Waals surface area contributed by atoms with E-state index >= 15 is 0 Å². The van der Waals surface area contributed by atoms with Crippen molar-refractivity contribution >= 4 is 73.5 Å². The Labute approximate surface area is 171 Å². The quantitative estimate of drug-likeness (QED) is 0.479. The summed E-state index contributed by atoms with van der Waals surface area (Å²) in [4.78, 5) is 14.4. The van der Waals surface area contributed by atoms with Crippen LogP contribution in [0.25, 0.3) is 6.08 Å². The maximum atomic E-state index is 13.4. The van der Waals surface area contributed by atoms with Gasteiger partial charge in [-0.2, -0.15) is 0 Å². The molecule has 2 aromatic carbocycles. The van der Waals surface area contributed by atoms with Crippen LogP contribution in [0.2, 0.25) is 5.02 Å². The molecule has 0 bridgehead atoms. The fourth-order valence-electron chi connectivity index (χ4n) is 2.30. The molecule has 1 heterocycles. The summed E-state index contributed by atoms with van der Waals surface area (Å²) < 4.78 is 19.2. The molecule has 0 atom stereocenters. The molecule has 1 amide bonds. The zero-order chi connectivity index (χ0) is 19.0.